The quantitative estimate of drug-likeness (QED) is 0.831. The van der Waals surface area contributed by atoms with E-state index in [1.807, 2.05) is 24.0 Å². The molecule has 0 saturated carbocycles. The fourth-order valence-corrected chi connectivity index (χ4v) is 4.40. The van der Waals surface area contributed by atoms with Gasteiger partial charge in [0.05, 0.1) is 6.20 Å². The van der Waals surface area contributed by atoms with Crippen LogP contribution in [0.4, 0.5) is 0 Å². The van der Waals surface area contributed by atoms with Gasteiger partial charge in [0, 0.05) is 51.4 Å². The van der Waals surface area contributed by atoms with Gasteiger partial charge in [0.1, 0.15) is 0 Å². The van der Waals surface area contributed by atoms with Crippen molar-refractivity contribution < 1.29 is 4.79 Å². The highest BCUT2D eigenvalue weighted by atomic mass is 16.2. The van der Waals surface area contributed by atoms with Crippen molar-refractivity contribution in [2.75, 3.05) is 19.6 Å². The zero-order chi connectivity index (χ0) is 17.9. The number of aryl methyl sites for hydroxylation is 2. The normalized spacial score (nSPS) is 23.2. The molecule has 0 unspecified atom stereocenters. The van der Waals surface area contributed by atoms with Crippen molar-refractivity contribution in [3.8, 4) is 0 Å². The molecule has 3 fully saturated rings. The van der Waals surface area contributed by atoms with Gasteiger partial charge in [-0.3, -0.25) is 14.4 Å². The summed E-state index contributed by atoms with van der Waals surface area (Å²) in [5.74, 6) is 0.891. The minimum atomic E-state index is 0.286. The van der Waals surface area contributed by atoms with Crippen LogP contribution in [0.25, 0.3) is 0 Å². The number of piperidine rings is 1. The fraction of sp³-hybridized carbons (Fsp3) is 0.524. The Kier molecular flexibility index (Phi) is 5.07. The van der Waals surface area contributed by atoms with Crippen molar-refractivity contribution in [3.05, 3.63) is 53.9 Å². The summed E-state index contributed by atoms with van der Waals surface area (Å²) < 4.78 is 1.88. The summed E-state index contributed by atoms with van der Waals surface area (Å²) in [6.07, 6.45) is 6.78. The molecule has 5 heteroatoms. The van der Waals surface area contributed by atoms with Crippen LogP contribution in [0, 0.1) is 12.8 Å². The van der Waals surface area contributed by atoms with Gasteiger partial charge in [-0.1, -0.05) is 30.3 Å². The van der Waals surface area contributed by atoms with Crippen LogP contribution in [0.5, 0.6) is 0 Å². The average molecular weight is 352 g/mol. The molecule has 5 rings (SSSR count). The molecule has 1 amide bonds. The highest BCUT2D eigenvalue weighted by Crippen LogP contribution is 2.29. The Morgan fingerprint density at radius 2 is 2.00 bits per heavy atom. The number of hydrogen-bond donors (Lipinski definition) is 0. The Balaban J connectivity index is 1.37. The van der Waals surface area contributed by atoms with Crippen LogP contribution in [-0.2, 0) is 17.9 Å². The van der Waals surface area contributed by atoms with E-state index in [1.165, 1.54) is 12.0 Å². The van der Waals surface area contributed by atoms with Crippen molar-refractivity contribution in [2.45, 2.75) is 45.3 Å². The van der Waals surface area contributed by atoms with Crippen LogP contribution in [-0.4, -0.2) is 51.2 Å². The Morgan fingerprint density at radius 3 is 2.77 bits per heavy atom. The van der Waals surface area contributed by atoms with Crippen molar-refractivity contribution in [3.63, 3.8) is 0 Å². The molecule has 2 atom stereocenters. The van der Waals surface area contributed by atoms with E-state index in [2.05, 4.69) is 45.2 Å². The molecule has 1 aromatic carbocycles. The maximum atomic E-state index is 12.9. The summed E-state index contributed by atoms with van der Waals surface area (Å²) in [6.45, 7) is 6.72. The number of hydrogen-bond acceptors (Lipinski definition) is 3. The minimum Gasteiger partial charge on any atom is -0.338 e. The number of nitrogens with zero attached hydrogens (tertiary/aromatic N) is 4. The zero-order valence-electron chi connectivity index (χ0n) is 15.6. The Bertz CT molecular complexity index is 741. The van der Waals surface area contributed by atoms with Gasteiger partial charge in [-0.15, -0.1) is 0 Å². The van der Waals surface area contributed by atoms with Crippen molar-refractivity contribution >= 4 is 5.91 Å². The van der Waals surface area contributed by atoms with Gasteiger partial charge in [0.25, 0.3) is 0 Å². The molecule has 3 saturated heterocycles. The molecule has 3 aliphatic rings. The molecule has 26 heavy (non-hydrogen) atoms. The lowest BCUT2D eigenvalue weighted by Crippen LogP contribution is -2.47. The summed E-state index contributed by atoms with van der Waals surface area (Å²) in [5, 5.41) is 4.30. The summed E-state index contributed by atoms with van der Waals surface area (Å²) in [5.41, 5.74) is 2.50. The van der Waals surface area contributed by atoms with Gasteiger partial charge in [0.15, 0.2) is 0 Å². The minimum absolute atomic E-state index is 0.286. The number of carbonyl (C=O) groups is 1. The van der Waals surface area contributed by atoms with Crippen molar-refractivity contribution in [1.82, 2.24) is 19.6 Å². The lowest BCUT2D eigenvalue weighted by molar-refractivity contribution is -0.135. The van der Waals surface area contributed by atoms with E-state index in [-0.39, 0.29) is 5.91 Å². The molecule has 5 nitrogen and oxygen atoms in total. The number of aromatic nitrogens is 2. The molecular weight excluding hydrogens is 324 g/mol. The predicted molar refractivity (Wildman–Crippen MR) is 102 cm³/mol. The summed E-state index contributed by atoms with van der Waals surface area (Å²) >= 11 is 0. The SMILES string of the molecule is Cc1cnn(CCC(=O)N2C[C@H]3CC[C@@H]2CN(Cc2ccccc2)C3)c1. The predicted octanol–water partition coefficient (Wildman–Crippen LogP) is 2.70. The van der Waals surface area contributed by atoms with Gasteiger partial charge < -0.3 is 4.90 Å². The average Bonchev–Trinajstić information content (AvgIpc) is 2.87. The molecule has 0 radical (unpaired) electrons. The van der Waals surface area contributed by atoms with Crippen LogP contribution in [0.3, 0.4) is 0 Å². The molecule has 138 valence electrons. The maximum absolute atomic E-state index is 12.9. The van der Waals surface area contributed by atoms with Crippen LogP contribution < -0.4 is 0 Å². The third-order valence-electron chi connectivity index (χ3n) is 5.68. The molecular formula is C21H28N4O. The molecule has 2 bridgehead atoms. The van der Waals surface area contributed by atoms with E-state index in [9.17, 15) is 4.79 Å². The van der Waals surface area contributed by atoms with E-state index < -0.39 is 0 Å². The van der Waals surface area contributed by atoms with Gasteiger partial charge in [-0.25, -0.2) is 0 Å². The van der Waals surface area contributed by atoms with E-state index in [1.54, 1.807) is 0 Å². The third kappa shape index (κ3) is 3.98. The molecule has 0 spiro atoms. The smallest absolute Gasteiger partial charge is 0.224 e. The van der Waals surface area contributed by atoms with E-state index >= 15 is 0 Å². The summed E-state index contributed by atoms with van der Waals surface area (Å²) in [7, 11) is 0. The lowest BCUT2D eigenvalue weighted by Gasteiger charge is -2.36. The molecule has 0 N–H and O–H groups in total. The lowest BCUT2D eigenvalue weighted by atomic mass is 9.94. The van der Waals surface area contributed by atoms with Crippen molar-refractivity contribution in [1.29, 1.82) is 0 Å². The van der Waals surface area contributed by atoms with E-state index in [4.69, 9.17) is 0 Å². The van der Waals surface area contributed by atoms with Crippen molar-refractivity contribution in [2.24, 2.45) is 5.92 Å². The molecule has 1 aromatic heterocycles. The maximum Gasteiger partial charge on any atom is 0.224 e. The molecule has 3 aliphatic heterocycles. The summed E-state index contributed by atoms with van der Waals surface area (Å²) in [6, 6.07) is 11.0. The third-order valence-corrected chi connectivity index (χ3v) is 5.68. The molecule has 2 aromatic rings. The van der Waals surface area contributed by atoms with Gasteiger partial charge in [-0.05, 0) is 36.8 Å². The Hall–Kier alpha value is -2.14. The van der Waals surface area contributed by atoms with E-state index in [0.29, 0.717) is 24.9 Å². The largest absolute Gasteiger partial charge is 0.338 e. The molecule has 0 aliphatic carbocycles. The van der Waals surface area contributed by atoms with Gasteiger partial charge in [-0.2, -0.15) is 5.10 Å². The first-order chi connectivity index (χ1) is 12.7. The monoisotopic (exact) mass is 352 g/mol. The zero-order valence-corrected chi connectivity index (χ0v) is 15.6. The standard InChI is InChI=1S/C21H28N4O/c1-17-11-22-24(12-17)10-9-21(26)25-15-19-7-8-20(25)16-23(14-19)13-18-5-3-2-4-6-18/h2-6,11-12,19-20H,7-10,13-16H2,1H3/t19-,20+/m0/s1. The number of benzene rings is 1. The first kappa shape index (κ1) is 17.3. The van der Waals surface area contributed by atoms with Gasteiger partial charge in [0.2, 0.25) is 5.91 Å². The first-order valence-corrected chi connectivity index (χ1v) is 9.72. The topological polar surface area (TPSA) is 41.4 Å². The second-order valence-electron chi connectivity index (χ2n) is 7.85. The highest BCUT2D eigenvalue weighted by molar-refractivity contribution is 5.76. The summed E-state index contributed by atoms with van der Waals surface area (Å²) in [4.78, 5) is 17.6. The molecule has 4 heterocycles. The number of rotatable bonds is 5. The van der Waals surface area contributed by atoms with Crippen LogP contribution in [0.2, 0.25) is 0 Å². The van der Waals surface area contributed by atoms with E-state index in [0.717, 1.165) is 38.2 Å². The van der Waals surface area contributed by atoms with Crippen LogP contribution >= 0.6 is 0 Å². The Labute approximate surface area is 155 Å². The second kappa shape index (κ2) is 7.62. The van der Waals surface area contributed by atoms with Crippen LogP contribution in [0.15, 0.2) is 42.7 Å². The highest BCUT2D eigenvalue weighted by Gasteiger charge is 2.36. The Morgan fingerprint density at radius 1 is 1.15 bits per heavy atom. The first-order valence-electron chi connectivity index (χ1n) is 9.72. The second-order valence-corrected chi connectivity index (χ2v) is 7.85. The number of fused-ring (bicyclic) bond motifs is 4. The van der Waals surface area contributed by atoms with Crippen LogP contribution in [0.1, 0.15) is 30.4 Å². The van der Waals surface area contributed by atoms with Gasteiger partial charge >= 0.3 is 0 Å². The number of carbonyl (C=O) groups excluding carboxylic acids is 1. The fourth-order valence-electron chi connectivity index (χ4n) is 4.40. The number of amides is 1.